The minimum absolute atomic E-state index is 0.164. The Morgan fingerprint density at radius 2 is 1.76 bits per heavy atom. The number of piperazine rings is 1. The van der Waals surface area contributed by atoms with Crippen LogP contribution in [0.2, 0.25) is 0 Å². The Morgan fingerprint density at radius 1 is 1.06 bits per heavy atom. The maximum Gasteiger partial charge on any atom is 0.259 e. The molecule has 178 valence electrons. The van der Waals surface area contributed by atoms with E-state index in [2.05, 4.69) is 21.3 Å². The monoisotopic (exact) mass is 454 g/mol. The highest BCUT2D eigenvalue weighted by Crippen LogP contribution is 2.22. The number of aromatic nitrogens is 1. The van der Waals surface area contributed by atoms with Crippen molar-refractivity contribution < 1.29 is 9.18 Å². The van der Waals surface area contributed by atoms with E-state index in [1.165, 1.54) is 18.6 Å². The maximum atomic E-state index is 13.5. The normalized spacial score (nSPS) is 19.3. The molecule has 0 spiro atoms. The van der Waals surface area contributed by atoms with E-state index in [4.69, 9.17) is 0 Å². The number of likely N-dealkylation sites (tertiary alicyclic amines) is 1. The quantitative estimate of drug-likeness (QED) is 0.672. The number of benzene rings is 1. The summed E-state index contributed by atoms with van der Waals surface area (Å²) in [5.74, 6) is -0.418. The van der Waals surface area contributed by atoms with E-state index in [-0.39, 0.29) is 17.2 Å². The van der Waals surface area contributed by atoms with E-state index in [0.717, 1.165) is 43.1 Å². The minimum atomic E-state index is -0.255. The van der Waals surface area contributed by atoms with Crippen LogP contribution in [0, 0.1) is 12.7 Å². The van der Waals surface area contributed by atoms with Gasteiger partial charge in [0.25, 0.3) is 5.91 Å². The summed E-state index contributed by atoms with van der Waals surface area (Å²) in [6.07, 6.45) is 2.99. The number of carbonyl (C=O) groups excluding carboxylic acids is 1. The van der Waals surface area contributed by atoms with Gasteiger partial charge in [-0.3, -0.25) is 14.5 Å². The summed E-state index contributed by atoms with van der Waals surface area (Å²) >= 11 is 0. The predicted molar refractivity (Wildman–Crippen MR) is 130 cm³/mol. The van der Waals surface area contributed by atoms with E-state index >= 15 is 0 Å². The Hall–Kier alpha value is -2.67. The van der Waals surface area contributed by atoms with Crippen LogP contribution < -0.4 is 10.3 Å². The molecule has 0 unspecified atom stereocenters. The van der Waals surface area contributed by atoms with Crippen molar-refractivity contribution in [3.05, 3.63) is 63.3 Å². The van der Waals surface area contributed by atoms with Crippen molar-refractivity contribution in [2.75, 3.05) is 44.2 Å². The smallest absolute Gasteiger partial charge is 0.259 e. The van der Waals surface area contributed by atoms with E-state index in [1.54, 1.807) is 23.1 Å². The fourth-order valence-corrected chi connectivity index (χ4v) is 5.39. The second kappa shape index (κ2) is 10.1. The molecule has 6 nitrogen and oxygen atoms in total. The van der Waals surface area contributed by atoms with E-state index in [9.17, 15) is 14.0 Å². The molecule has 2 aliphatic heterocycles. The van der Waals surface area contributed by atoms with Crippen LogP contribution in [0.3, 0.4) is 0 Å². The number of pyridine rings is 1. The Kier molecular flexibility index (Phi) is 7.17. The van der Waals surface area contributed by atoms with Crippen molar-refractivity contribution in [1.82, 2.24) is 14.4 Å². The number of amides is 1. The van der Waals surface area contributed by atoms with Crippen LogP contribution >= 0.6 is 0 Å². The highest BCUT2D eigenvalue weighted by Gasteiger charge is 2.29. The van der Waals surface area contributed by atoms with Gasteiger partial charge >= 0.3 is 0 Å². The van der Waals surface area contributed by atoms with Gasteiger partial charge in [-0.15, -0.1) is 0 Å². The molecule has 2 saturated heterocycles. The summed E-state index contributed by atoms with van der Waals surface area (Å²) in [4.78, 5) is 33.0. The zero-order valence-corrected chi connectivity index (χ0v) is 20.0. The summed E-state index contributed by atoms with van der Waals surface area (Å²) in [7, 11) is 0. The van der Waals surface area contributed by atoms with Gasteiger partial charge in [-0.25, -0.2) is 4.39 Å². The molecule has 1 atom stereocenters. The largest absolute Gasteiger partial charge is 0.368 e. The molecule has 0 saturated carbocycles. The second-order valence-corrected chi connectivity index (χ2v) is 9.12. The van der Waals surface area contributed by atoms with Crippen molar-refractivity contribution in [1.29, 1.82) is 0 Å². The molecular formula is C26H35FN4O2. The standard InChI is InChI=1S/C26H35FN4O2/c1-4-23-25(24(32)17-19(3)31(23)18-22-7-6-12-28(22)5-2)26(33)30-15-13-29(14-16-30)21-10-8-20(27)9-11-21/h8-11,17,22H,4-7,12-16,18H2,1-3H3/t22-/m1/s1. The summed E-state index contributed by atoms with van der Waals surface area (Å²) in [6, 6.07) is 8.53. The summed E-state index contributed by atoms with van der Waals surface area (Å²) in [5, 5.41) is 0. The molecule has 2 aliphatic rings. The molecule has 1 aromatic carbocycles. The molecule has 0 aliphatic carbocycles. The van der Waals surface area contributed by atoms with Gasteiger partial charge in [0.05, 0.1) is 0 Å². The lowest BCUT2D eigenvalue weighted by Gasteiger charge is -2.36. The molecule has 0 N–H and O–H groups in total. The van der Waals surface area contributed by atoms with Gasteiger partial charge in [0.2, 0.25) is 0 Å². The molecule has 0 bridgehead atoms. The van der Waals surface area contributed by atoms with Crippen LogP contribution in [0.1, 0.15) is 48.4 Å². The fourth-order valence-electron chi connectivity index (χ4n) is 5.39. The molecule has 1 aromatic heterocycles. The summed E-state index contributed by atoms with van der Waals surface area (Å²) in [6.45, 7) is 11.6. The van der Waals surface area contributed by atoms with Crippen molar-refractivity contribution in [2.24, 2.45) is 0 Å². The maximum absolute atomic E-state index is 13.5. The minimum Gasteiger partial charge on any atom is -0.368 e. The van der Waals surface area contributed by atoms with Gasteiger partial charge in [0.1, 0.15) is 11.4 Å². The van der Waals surface area contributed by atoms with E-state index < -0.39 is 0 Å². The Balaban J connectivity index is 1.55. The molecule has 7 heteroatoms. The SMILES string of the molecule is CCc1c(C(=O)N2CCN(c3ccc(F)cc3)CC2)c(=O)cc(C)n1C[C@H]1CCCN1CC. The topological polar surface area (TPSA) is 48.8 Å². The number of hydrogen-bond acceptors (Lipinski definition) is 4. The first-order valence-corrected chi connectivity index (χ1v) is 12.2. The second-order valence-electron chi connectivity index (χ2n) is 9.12. The highest BCUT2D eigenvalue weighted by molar-refractivity contribution is 5.95. The predicted octanol–water partition coefficient (Wildman–Crippen LogP) is 3.30. The number of anilines is 1. The molecule has 2 fully saturated rings. The number of hydrogen-bond donors (Lipinski definition) is 0. The van der Waals surface area contributed by atoms with Crippen LogP contribution in [0.15, 0.2) is 35.1 Å². The number of carbonyl (C=O) groups is 1. The Labute approximate surface area is 195 Å². The summed E-state index contributed by atoms with van der Waals surface area (Å²) < 4.78 is 15.5. The number of aryl methyl sites for hydroxylation is 1. The van der Waals surface area contributed by atoms with Crippen molar-refractivity contribution in [3.63, 3.8) is 0 Å². The van der Waals surface area contributed by atoms with Crippen LogP contribution in [0.25, 0.3) is 0 Å². The Bertz CT molecular complexity index is 1040. The summed E-state index contributed by atoms with van der Waals surface area (Å²) in [5.41, 5.74) is 2.89. The fraction of sp³-hybridized carbons (Fsp3) is 0.538. The molecular weight excluding hydrogens is 419 g/mol. The zero-order chi connectivity index (χ0) is 23.5. The van der Waals surface area contributed by atoms with Crippen LogP contribution in [-0.2, 0) is 13.0 Å². The lowest BCUT2D eigenvalue weighted by atomic mass is 10.1. The first kappa shape index (κ1) is 23.5. The van der Waals surface area contributed by atoms with E-state index in [0.29, 0.717) is 44.2 Å². The van der Waals surface area contributed by atoms with Crippen molar-refractivity contribution in [3.8, 4) is 0 Å². The van der Waals surface area contributed by atoms with Gasteiger partial charge in [0, 0.05) is 61.9 Å². The molecule has 3 heterocycles. The van der Waals surface area contributed by atoms with Crippen molar-refractivity contribution in [2.45, 2.75) is 52.6 Å². The van der Waals surface area contributed by atoms with Gasteiger partial charge in [-0.05, 0) is 63.5 Å². The van der Waals surface area contributed by atoms with Crippen LogP contribution in [0.5, 0.6) is 0 Å². The van der Waals surface area contributed by atoms with Gasteiger partial charge in [-0.2, -0.15) is 0 Å². The third kappa shape index (κ3) is 4.83. The number of rotatable bonds is 6. The third-order valence-electron chi connectivity index (χ3n) is 7.23. The number of halogens is 1. The lowest BCUT2D eigenvalue weighted by Crippen LogP contribution is -2.50. The van der Waals surface area contributed by atoms with Gasteiger partial charge < -0.3 is 14.4 Å². The molecule has 4 rings (SSSR count). The first-order valence-electron chi connectivity index (χ1n) is 12.2. The Morgan fingerprint density at radius 3 is 2.39 bits per heavy atom. The highest BCUT2D eigenvalue weighted by atomic mass is 19.1. The average molecular weight is 455 g/mol. The van der Waals surface area contributed by atoms with Gasteiger partial charge in [0.15, 0.2) is 5.43 Å². The lowest BCUT2D eigenvalue weighted by molar-refractivity contribution is 0.0743. The molecule has 0 radical (unpaired) electrons. The van der Waals surface area contributed by atoms with Crippen LogP contribution in [-0.4, -0.2) is 65.6 Å². The first-order chi connectivity index (χ1) is 15.9. The molecule has 33 heavy (non-hydrogen) atoms. The molecule has 2 aromatic rings. The van der Waals surface area contributed by atoms with Crippen molar-refractivity contribution >= 4 is 11.6 Å². The number of nitrogens with zero attached hydrogens (tertiary/aromatic N) is 4. The average Bonchev–Trinajstić information content (AvgIpc) is 3.28. The number of likely N-dealkylation sites (N-methyl/N-ethyl adjacent to an activating group) is 1. The van der Waals surface area contributed by atoms with Gasteiger partial charge in [-0.1, -0.05) is 13.8 Å². The molecule has 1 amide bonds. The van der Waals surface area contributed by atoms with Crippen LogP contribution in [0.4, 0.5) is 10.1 Å². The zero-order valence-electron chi connectivity index (χ0n) is 20.0. The third-order valence-corrected chi connectivity index (χ3v) is 7.23. The van der Waals surface area contributed by atoms with E-state index in [1.807, 2.05) is 13.8 Å².